The topological polar surface area (TPSA) is 86.7 Å². The molecule has 1 saturated heterocycles. The second-order valence-electron chi connectivity index (χ2n) is 5.49. The molecule has 0 saturated carbocycles. The number of rotatable bonds is 5. The minimum Gasteiger partial charge on any atom is -0.481 e. The summed E-state index contributed by atoms with van der Waals surface area (Å²) in [6.45, 7) is 1.36. The Morgan fingerprint density at radius 3 is 2.74 bits per heavy atom. The van der Waals surface area contributed by atoms with Crippen molar-refractivity contribution in [3.63, 3.8) is 0 Å². The molecule has 23 heavy (non-hydrogen) atoms. The number of carbonyl (C=O) groups is 3. The lowest BCUT2D eigenvalue weighted by molar-refractivity contribution is -0.141. The number of nitrogens with one attached hydrogen (secondary N) is 1. The first-order valence-electron chi connectivity index (χ1n) is 7.05. The molecule has 0 bridgehead atoms. The standard InChI is InChI=1S/C15H16F2N2O4/c1-8(15(22)23)6-18-14(21)9-4-13(20)19(7-9)12-3-2-10(16)5-11(12)17/h2-3,5,8-9H,4,6-7H2,1H3,(H,18,21)(H,22,23). The average Bonchev–Trinajstić information content (AvgIpc) is 2.86. The van der Waals surface area contributed by atoms with E-state index in [9.17, 15) is 23.2 Å². The van der Waals surface area contributed by atoms with Crippen LogP contribution in [0.1, 0.15) is 13.3 Å². The third-order valence-electron chi connectivity index (χ3n) is 3.70. The molecule has 0 aliphatic carbocycles. The van der Waals surface area contributed by atoms with Gasteiger partial charge in [0.1, 0.15) is 11.6 Å². The van der Waals surface area contributed by atoms with Gasteiger partial charge in [-0.15, -0.1) is 0 Å². The van der Waals surface area contributed by atoms with Gasteiger partial charge in [0.05, 0.1) is 17.5 Å². The molecule has 1 aromatic rings. The molecule has 8 heteroatoms. The Hall–Kier alpha value is -2.51. The fourth-order valence-electron chi connectivity index (χ4n) is 2.30. The van der Waals surface area contributed by atoms with E-state index in [-0.39, 0.29) is 25.2 Å². The molecular formula is C15H16F2N2O4. The average molecular weight is 326 g/mol. The highest BCUT2D eigenvalue weighted by molar-refractivity contribution is 6.00. The van der Waals surface area contributed by atoms with Crippen molar-refractivity contribution >= 4 is 23.5 Å². The summed E-state index contributed by atoms with van der Waals surface area (Å²) in [5.41, 5.74) is -0.0781. The Morgan fingerprint density at radius 1 is 1.43 bits per heavy atom. The molecule has 1 aromatic carbocycles. The van der Waals surface area contributed by atoms with E-state index in [4.69, 9.17) is 5.11 Å². The third-order valence-corrected chi connectivity index (χ3v) is 3.70. The predicted molar refractivity (Wildman–Crippen MR) is 76.6 cm³/mol. The van der Waals surface area contributed by atoms with Crippen LogP contribution in [0.3, 0.4) is 0 Å². The molecule has 1 fully saturated rings. The zero-order chi connectivity index (χ0) is 17.1. The minimum atomic E-state index is -1.04. The molecule has 0 radical (unpaired) electrons. The van der Waals surface area contributed by atoms with E-state index in [1.54, 1.807) is 0 Å². The number of carbonyl (C=O) groups excluding carboxylic acids is 2. The molecule has 1 aliphatic heterocycles. The number of amides is 2. The van der Waals surface area contributed by atoms with Crippen LogP contribution in [0.25, 0.3) is 0 Å². The van der Waals surface area contributed by atoms with Crippen LogP contribution in [0.15, 0.2) is 18.2 Å². The van der Waals surface area contributed by atoms with Crippen LogP contribution in [0, 0.1) is 23.5 Å². The fourth-order valence-corrected chi connectivity index (χ4v) is 2.30. The lowest BCUT2D eigenvalue weighted by Gasteiger charge is -2.17. The first kappa shape index (κ1) is 16.9. The molecule has 1 aliphatic rings. The minimum absolute atomic E-state index is 0.0331. The van der Waals surface area contributed by atoms with Gasteiger partial charge in [-0.25, -0.2) is 8.78 Å². The summed E-state index contributed by atoms with van der Waals surface area (Å²) >= 11 is 0. The van der Waals surface area contributed by atoms with Crippen LogP contribution in [0.4, 0.5) is 14.5 Å². The molecule has 6 nitrogen and oxygen atoms in total. The van der Waals surface area contributed by atoms with E-state index < -0.39 is 41.3 Å². The van der Waals surface area contributed by atoms with E-state index >= 15 is 0 Å². The highest BCUT2D eigenvalue weighted by Crippen LogP contribution is 2.28. The summed E-state index contributed by atoms with van der Waals surface area (Å²) in [5, 5.41) is 11.2. The SMILES string of the molecule is CC(CNC(=O)C1CC(=O)N(c2ccc(F)cc2F)C1)C(=O)O. The van der Waals surface area contributed by atoms with Gasteiger partial charge in [0.25, 0.3) is 0 Å². The molecule has 2 amide bonds. The van der Waals surface area contributed by atoms with Crippen LogP contribution < -0.4 is 10.2 Å². The number of benzene rings is 1. The summed E-state index contributed by atoms with van der Waals surface area (Å²) in [5.74, 6) is -5.02. The van der Waals surface area contributed by atoms with Crippen molar-refractivity contribution in [2.75, 3.05) is 18.0 Å². The Bertz CT molecular complexity index is 650. The lowest BCUT2D eigenvalue weighted by Crippen LogP contribution is -2.37. The number of aliphatic carboxylic acids is 1. The monoisotopic (exact) mass is 326 g/mol. The van der Waals surface area contributed by atoms with Crippen LogP contribution >= 0.6 is 0 Å². The van der Waals surface area contributed by atoms with Crippen molar-refractivity contribution in [3.8, 4) is 0 Å². The summed E-state index contributed by atoms with van der Waals surface area (Å²) in [6, 6.07) is 2.85. The van der Waals surface area contributed by atoms with Gasteiger partial charge < -0.3 is 15.3 Å². The van der Waals surface area contributed by atoms with Crippen molar-refractivity contribution in [2.45, 2.75) is 13.3 Å². The molecular weight excluding hydrogens is 310 g/mol. The van der Waals surface area contributed by atoms with E-state index in [2.05, 4.69) is 5.32 Å². The molecule has 2 atom stereocenters. The van der Waals surface area contributed by atoms with E-state index in [0.29, 0.717) is 6.07 Å². The number of carboxylic acids is 1. The summed E-state index contributed by atoms with van der Waals surface area (Å²) in [6.07, 6.45) is -0.107. The molecule has 0 aromatic heterocycles. The number of carboxylic acid groups (broad SMARTS) is 1. The maximum absolute atomic E-state index is 13.7. The van der Waals surface area contributed by atoms with Crippen LogP contribution in [0.5, 0.6) is 0 Å². The van der Waals surface area contributed by atoms with Gasteiger partial charge >= 0.3 is 5.97 Å². The summed E-state index contributed by atoms with van der Waals surface area (Å²) in [4.78, 5) is 35.8. The lowest BCUT2D eigenvalue weighted by atomic mass is 10.1. The van der Waals surface area contributed by atoms with E-state index in [1.165, 1.54) is 6.92 Å². The number of hydrogen-bond donors (Lipinski definition) is 2. The number of hydrogen-bond acceptors (Lipinski definition) is 3. The second kappa shape index (κ2) is 6.72. The fraction of sp³-hybridized carbons (Fsp3) is 0.400. The van der Waals surface area contributed by atoms with Gasteiger partial charge in [0, 0.05) is 25.6 Å². The van der Waals surface area contributed by atoms with E-state index in [0.717, 1.165) is 17.0 Å². The molecule has 2 unspecified atom stereocenters. The first-order chi connectivity index (χ1) is 10.8. The second-order valence-corrected chi connectivity index (χ2v) is 5.49. The van der Waals surface area contributed by atoms with Crippen LogP contribution in [0.2, 0.25) is 0 Å². The number of nitrogens with zero attached hydrogens (tertiary/aromatic N) is 1. The quantitative estimate of drug-likeness (QED) is 0.850. The Kier molecular flexibility index (Phi) is 4.92. The predicted octanol–water partition coefficient (Wildman–Crippen LogP) is 1.15. The third kappa shape index (κ3) is 3.82. The molecule has 1 heterocycles. The smallest absolute Gasteiger partial charge is 0.308 e. The van der Waals surface area contributed by atoms with Crippen molar-refractivity contribution in [3.05, 3.63) is 29.8 Å². The molecule has 0 spiro atoms. The Labute approximate surface area is 131 Å². The number of anilines is 1. The summed E-state index contributed by atoms with van der Waals surface area (Å²) < 4.78 is 26.7. The Balaban J connectivity index is 2.02. The van der Waals surface area contributed by atoms with Crippen molar-refractivity contribution in [1.29, 1.82) is 0 Å². The van der Waals surface area contributed by atoms with Crippen molar-refractivity contribution in [2.24, 2.45) is 11.8 Å². The highest BCUT2D eigenvalue weighted by Gasteiger charge is 2.36. The van der Waals surface area contributed by atoms with Crippen molar-refractivity contribution < 1.29 is 28.3 Å². The molecule has 2 N–H and O–H groups in total. The molecule has 2 rings (SSSR count). The zero-order valence-electron chi connectivity index (χ0n) is 12.4. The summed E-state index contributed by atoms with van der Waals surface area (Å²) in [7, 11) is 0. The van der Waals surface area contributed by atoms with Gasteiger partial charge in [0.15, 0.2) is 0 Å². The maximum Gasteiger partial charge on any atom is 0.308 e. The first-order valence-corrected chi connectivity index (χ1v) is 7.05. The van der Waals surface area contributed by atoms with Crippen LogP contribution in [-0.2, 0) is 14.4 Å². The molecule has 124 valence electrons. The van der Waals surface area contributed by atoms with Gasteiger partial charge in [0.2, 0.25) is 11.8 Å². The van der Waals surface area contributed by atoms with Gasteiger partial charge in [-0.2, -0.15) is 0 Å². The normalized spacial score (nSPS) is 18.8. The van der Waals surface area contributed by atoms with Gasteiger partial charge in [-0.3, -0.25) is 14.4 Å². The van der Waals surface area contributed by atoms with Gasteiger partial charge in [-0.1, -0.05) is 6.92 Å². The van der Waals surface area contributed by atoms with Gasteiger partial charge in [-0.05, 0) is 12.1 Å². The Morgan fingerprint density at radius 2 is 2.13 bits per heavy atom. The number of halogens is 2. The highest BCUT2D eigenvalue weighted by atomic mass is 19.1. The van der Waals surface area contributed by atoms with Crippen LogP contribution in [-0.4, -0.2) is 36.0 Å². The largest absolute Gasteiger partial charge is 0.481 e. The zero-order valence-corrected chi connectivity index (χ0v) is 12.4. The van der Waals surface area contributed by atoms with Crippen molar-refractivity contribution in [1.82, 2.24) is 5.32 Å². The van der Waals surface area contributed by atoms with E-state index in [1.807, 2.05) is 0 Å². The maximum atomic E-state index is 13.7.